The van der Waals surface area contributed by atoms with Gasteiger partial charge in [0.1, 0.15) is 0 Å². The summed E-state index contributed by atoms with van der Waals surface area (Å²) in [5.41, 5.74) is 5.79. The second-order valence-electron chi connectivity index (χ2n) is 5.15. The predicted molar refractivity (Wildman–Crippen MR) is 67.1 cm³/mol. The van der Waals surface area contributed by atoms with E-state index in [2.05, 4.69) is 13.8 Å². The lowest BCUT2D eigenvalue weighted by atomic mass is 9.83. The molecule has 0 aromatic heterocycles. The lowest BCUT2D eigenvalue weighted by Gasteiger charge is -2.34. The van der Waals surface area contributed by atoms with Crippen molar-refractivity contribution in [2.75, 3.05) is 13.1 Å². The van der Waals surface area contributed by atoms with Crippen LogP contribution in [0.2, 0.25) is 0 Å². The summed E-state index contributed by atoms with van der Waals surface area (Å²) in [5.74, 6) is 0.272. The topological polar surface area (TPSA) is 46.3 Å². The number of hydrogen-bond donors (Lipinski definition) is 1. The van der Waals surface area contributed by atoms with E-state index in [0.29, 0.717) is 0 Å². The fourth-order valence-electron chi connectivity index (χ4n) is 2.57. The van der Waals surface area contributed by atoms with E-state index < -0.39 is 0 Å². The van der Waals surface area contributed by atoms with Crippen molar-refractivity contribution in [2.45, 2.75) is 58.9 Å². The molecule has 0 aliphatic heterocycles. The fourth-order valence-corrected chi connectivity index (χ4v) is 2.57. The molecular weight excluding hydrogens is 200 g/mol. The Morgan fingerprint density at radius 2 is 2.19 bits per heavy atom. The molecule has 1 amide bonds. The van der Waals surface area contributed by atoms with Crippen molar-refractivity contribution in [2.24, 2.45) is 11.1 Å². The molecule has 3 nitrogen and oxygen atoms in total. The summed E-state index contributed by atoms with van der Waals surface area (Å²) in [4.78, 5) is 14.4. The Morgan fingerprint density at radius 1 is 1.50 bits per heavy atom. The highest BCUT2D eigenvalue weighted by atomic mass is 16.2. The third-order valence-corrected chi connectivity index (χ3v) is 3.97. The molecule has 2 unspecified atom stereocenters. The van der Waals surface area contributed by atoms with Crippen LogP contribution in [-0.4, -0.2) is 29.9 Å². The molecule has 0 heterocycles. The minimum atomic E-state index is -0.302. The second-order valence-corrected chi connectivity index (χ2v) is 5.15. The quantitative estimate of drug-likeness (QED) is 0.781. The summed E-state index contributed by atoms with van der Waals surface area (Å²) in [6, 6.07) is 0.0516. The molecule has 1 fully saturated rings. The van der Waals surface area contributed by atoms with E-state index in [-0.39, 0.29) is 17.4 Å². The van der Waals surface area contributed by atoms with Crippen LogP contribution in [0.4, 0.5) is 0 Å². The zero-order valence-electron chi connectivity index (χ0n) is 11.0. The van der Waals surface area contributed by atoms with Crippen molar-refractivity contribution in [3.63, 3.8) is 0 Å². The predicted octanol–water partition coefficient (Wildman–Crippen LogP) is 2.15. The standard InChI is InChI=1S/C13H26N2O/c1-4-6-10-15(5-2)12(16)13(3)9-7-8-11(13)14/h11H,4-10,14H2,1-3H3. The lowest BCUT2D eigenvalue weighted by Crippen LogP contribution is -2.49. The minimum Gasteiger partial charge on any atom is -0.342 e. The van der Waals surface area contributed by atoms with Crippen LogP contribution in [0, 0.1) is 5.41 Å². The third-order valence-electron chi connectivity index (χ3n) is 3.97. The normalized spacial score (nSPS) is 29.4. The highest BCUT2D eigenvalue weighted by Crippen LogP contribution is 2.38. The molecule has 2 N–H and O–H groups in total. The molecule has 0 saturated heterocycles. The van der Waals surface area contributed by atoms with E-state index in [9.17, 15) is 4.79 Å². The van der Waals surface area contributed by atoms with E-state index in [1.54, 1.807) is 0 Å². The molecule has 0 bridgehead atoms. The van der Waals surface area contributed by atoms with Gasteiger partial charge in [-0.2, -0.15) is 0 Å². The summed E-state index contributed by atoms with van der Waals surface area (Å²) in [5, 5.41) is 0. The Kier molecular flexibility index (Phi) is 4.78. The molecule has 3 heteroatoms. The zero-order valence-corrected chi connectivity index (χ0v) is 11.0. The molecule has 16 heavy (non-hydrogen) atoms. The van der Waals surface area contributed by atoms with Crippen LogP contribution in [0.25, 0.3) is 0 Å². The first-order valence-electron chi connectivity index (χ1n) is 6.61. The highest BCUT2D eigenvalue weighted by molar-refractivity contribution is 5.83. The van der Waals surface area contributed by atoms with Gasteiger partial charge in [-0.1, -0.05) is 19.8 Å². The van der Waals surface area contributed by atoms with Crippen LogP contribution in [0.15, 0.2) is 0 Å². The fraction of sp³-hybridized carbons (Fsp3) is 0.923. The number of carbonyl (C=O) groups excluding carboxylic acids is 1. The Balaban J connectivity index is 2.66. The number of amides is 1. The smallest absolute Gasteiger partial charge is 0.230 e. The molecule has 0 spiro atoms. The molecule has 1 saturated carbocycles. The van der Waals surface area contributed by atoms with Gasteiger partial charge in [-0.25, -0.2) is 0 Å². The average molecular weight is 226 g/mol. The number of nitrogens with zero attached hydrogens (tertiary/aromatic N) is 1. The van der Waals surface area contributed by atoms with Gasteiger partial charge in [0, 0.05) is 19.1 Å². The molecule has 1 aliphatic carbocycles. The molecule has 2 atom stereocenters. The third kappa shape index (κ3) is 2.57. The summed E-state index contributed by atoms with van der Waals surface area (Å²) in [7, 11) is 0. The van der Waals surface area contributed by atoms with Gasteiger partial charge in [0.25, 0.3) is 0 Å². The largest absolute Gasteiger partial charge is 0.342 e. The van der Waals surface area contributed by atoms with Gasteiger partial charge >= 0.3 is 0 Å². The van der Waals surface area contributed by atoms with Crippen LogP contribution in [0.5, 0.6) is 0 Å². The minimum absolute atomic E-state index is 0.0516. The molecule has 0 aromatic rings. The van der Waals surface area contributed by atoms with Crippen molar-refractivity contribution in [3.8, 4) is 0 Å². The maximum Gasteiger partial charge on any atom is 0.230 e. The number of unbranched alkanes of at least 4 members (excludes halogenated alkanes) is 1. The van der Waals surface area contributed by atoms with Crippen molar-refractivity contribution in [1.29, 1.82) is 0 Å². The lowest BCUT2D eigenvalue weighted by molar-refractivity contribution is -0.141. The van der Waals surface area contributed by atoms with Crippen LogP contribution in [0.1, 0.15) is 52.9 Å². The van der Waals surface area contributed by atoms with Gasteiger partial charge in [0.05, 0.1) is 5.41 Å². The monoisotopic (exact) mass is 226 g/mol. The Labute approximate surface area is 99.4 Å². The Bertz CT molecular complexity index is 242. The summed E-state index contributed by atoms with van der Waals surface area (Å²) in [6.07, 6.45) is 5.26. The van der Waals surface area contributed by atoms with Crippen molar-refractivity contribution >= 4 is 5.91 Å². The Hall–Kier alpha value is -0.570. The van der Waals surface area contributed by atoms with Gasteiger partial charge < -0.3 is 10.6 Å². The molecule has 1 rings (SSSR count). The SMILES string of the molecule is CCCCN(CC)C(=O)C1(C)CCCC1N. The van der Waals surface area contributed by atoms with Gasteiger partial charge in [-0.3, -0.25) is 4.79 Å². The number of rotatable bonds is 5. The van der Waals surface area contributed by atoms with Crippen molar-refractivity contribution < 1.29 is 4.79 Å². The summed E-state index contributed by atoms with van der Waals surface area (Å²) >= 11 is 0. The number of hydrogen-bond acceptors (Lipinski definition) is 2. The summed E-state index contributed by atoms with van der Waals surface area (Å²) in [6.45, 7) is 7.94. The van der Waals surface area contributed by atoms with Gasteiger partial charge in [-0.15, -0.1) is 0 Å². The summed E-state index contributed by atoms with van der Waals surface area (Å²) < 4.78 is 0. The van der Waals surface area contributed by atoms with Crippen molar-refractivity contribution in [1.82, 2.24) is 4.90 Å². The Morgan fingerprint density at radius 3 is 2.62 bits per heavy atom. The maximum absolute atomic E-state index is 12.5. The number of nitrogens with two attached hydrogens (primary N) is 1. The van der Waals surface area contributed by atoms with E-state index in [4.69, 9.17) is 5.73 Å². The first kappa shape index (κ1) is 13.5. The van der Waals surface area contributed by atoms with Gasteiger partial charge in [-0.05, 0) is 33.1 Å². The van der Waals surface area contributed by atoms with Crippen molar-refractivity contribution in [3.05, 3.63) is 0 Å². The van der Waals surface area contributed by atoms with Crippen LogP contribution < -0.4 is 5.73 Å². The average Bonchev–Trinajstić information content (AvgIpc) is 2.61. The van der Waals surface area contributed by atoms with E-state index in [1.807, 2.05) is 11.8 Å². The van der Waals surface area contributed by atoms with E-state index >= 15 is 0 Å². The van der Waals surface area contributed by atoms with E-state index in [1.165, 1.54) is 0 Å². The maximum atomic E-state index is 12.5. The number of carbonyl (C=O) groups is 1. The highest BCUT2D eigenvalue weighted by Gasteiger charge is 2.44. The first-order valence-corrected chi connectivity index (χ1v) is 6.61. The molecule has 94 valence electrons. The molecule has 1 aliphatic rings. The van der Waals surface area contributed by atoms with Gasteiger partial charge in [0.2, 0.25) is 5.91 Å². The van der Waals surface area contributed by atoms with Crippen LogP contribution >= 0.6 is 0 Å². The van der Waals surface area contributed by atoms with Gasteiger partial charge in [0.15, 0.2) is 0 Å². The molecule has 0 aromatic carbocycles. The zero-order chi connectivity index (χ0) is 12.2. The van der Waals surface area contributed by atoms with Crippen LogP contribution in [0.3, 0.4) is 0 Å². The van der Waals surface area contributed by atoms with Crippen LogP contribution in [-0.2, 0) is 4.79 Å². The second kappa shape index (κ2) is 5.67. The molecular formula is C13H26N2O. The first-order chi connectivity index (χ1) is 7.56. The molecule has 0 radical (unpaired) electrons. The van der Waals surface area contributed by atoms with E-state index in [0.717, 1.165) is 45.2 Å².